The average Bonchev–Trinajstić information content (AvgIpc) is 2.05. The Kier molecular flexibility index (Phi) is 3.26. The standard InChI is InChI=1S/C9H12N2O/c1-8(12)11-6-4-9-3-2-5-10-7-9/h2-3,5,7H,4,6H2,1H3,(H,11,12). The van der Waals surface area contributed by atoms with Crippen molar-refractivity contribution in [3.63, 3.8) is 0 Å². The van der Waals surface area contributed by atoms with Crippen molar-refractivity contribution in [3.05, 3.63) is 30.1 Å². The number of carbonyl (C=O) groups excluding carboxylic acids is 1. The molecule has 12 heavy (non-hydrogen) atoms. The fraction of sp³-hybridized carbons (Fsp3) is 0.333. The normalized spacial score (nSPS) is 9.42. The lowest BCUT2D eigenvalue weighted by molar-refractivity contribution is -0.118. The summed E-state index contributed by atoms with van der Waals surface area (Å²) in [6, 6.07) is 3.89. The smallest absolute Gasteiger partial charge is 0.216 e. The van der Waals surface area contributed by atoms with Gasteiger partial charge in [0.15, 0.2) is 0 Å². The van der Waals surface area contributed by atoms with Gasteiger partial charge in [-0.25, -0.2) is 0 Å². The summed E-state index contributed by atoms with van der Waals surface area (Å²) in [5, 5.41) is 2.73. The summed E-state index contributed by atoms with van der Waals surface area (Å²) in [7, 11) is 0. The van der Waals surface area contributed by atoms with E-state index in [4.69, 9.17) is 0 Å². The molecule has 1 aromatic heterocycles. The third-order valence-corrected chi connectivity index (χ3v) is 1.51. The topological polar surface area (TPSA) is 42.0 Å². The molecule has 0 saturated heterocycles. The molecule has 0 aromatic carbocycles. The second-order valence-corrected chi connectivity index (χ2v) is 2.59. The number of amides is 1. The number of nitrogens with zero attached hydrogens (tertiary/aromatic N) is 1. The maximum absolute atomic E-state index is 10.5. The van der Waals surface area contributed by atoms with E-state index in [1.807, 2.05) is 18.3 Å². The van der Waals surface area contributed by atoms with Gasteiger partial charge in [0, 0.05) is 25.9 Å². The summed E-state index contributed by atoms with van der Waals surface area (Å²) in [6.07, 6.45) is 4.39. The molecule has 3 nitrogen and oxygen atoms in total. The third kappa shape index (κ3) is 3.14. The highest BCUT2D eigenvalue weighted by Crippen LogP contribution is 1.94. The van der Waals surface area contributed by atoms with Crippen LogP contribution in [0, 0.1) is 0 Å². The van der Waals surface area contributed by atoms with Crippen LogP contribution in [0.25, 0.3) is 0 Å². The van der Waals surface area contributed by atoms with Crippen LogP contribution in [0.1, 0.15) is 12.5 Å². The van der Waals surface area contributed by atoms with E-state index in [9.17, 15) is 4.79 Å². The summed E-state index contributed by atoms with van der Waals surface area (Å²) in [6.45, 7) is 2.20. The van der Waals surface area contributed by atoms with Gasteiger partial charge in [-0.15, -0.1) is 0 Å². The van der Waals surface area contributed by atoms with E-state index in [0.717, 1.165) is 12.0 Å². The summed E-state index contributed by atoms with van der Waals surface area (Å²) < 4.78 is 0. The molecule has 1 aromatic rings. The summed E-state index contributed by atoms with van der Waals surface area (Å²) >= 11 is 0. The number of hydrogen-bond donors (Lipinski definition) is 1. The van der Waals surface area contributed by atoms with Crippen molar-refractivity contribution in [2.24, 2.45) is 0 Å². The predicted molar refractivity (Wildman–Crippen MR) is 46.6 cm³/mol. The Balaban J connectivity index is 2.29. The maximum atomic E-state index is 10.5. The van der Waals surface area contributed by atoms with Crippen LogP contribution >= 0.6 is 0 Å². The number of rotatable bonds is 3. The van der Waals surface area contributed by atoms with Gasteiger partial charge >= 0.3 is 0 Å². The van der Waals surface area contributed by atoms with Gasteiger partial charge in [-0.05, 0) is 18.1 Å². The Morgan fingerprint density at radius 1 is 1.67 bits per heavy atom. The van der Waals surface area contributed by atoms with E-state index >= 15 is 0 Å². The molecule has 0 spiro atoms. The molecule has 1 amide bonds. The zero-order valence-electron chi connectivity index (χ0n) is 7.08. The van der Waals surface area contributed by atoms with Crippen LogP contribution in [0.4, 0.5) is 0 Å². The first-order valence-corrected chi connectivity index (χ1v) is 3.92. The van der Waals surface area contributed by atoms with Gasteiger partial charge in [0.25, 0.3) is 0 Å². The van der Waals surface area contributed by atoms with Crippen molar-refractivity contribution < 1.29 is 4.79 Å². The van der Waals surface area contributed by atoms with Gasteiger partial charge in [0.05, 0.1) is 0 Å². The minimum atomic E-state index is 0.0129. The lowest BCUT2D eigenvalue weighted by Gasteiger charge is -2.00. The lowest BCUT2D eigenvalue weighted by Crippen LogP contribution is -2.22. The number of aromatic nitrogens is 1. The van der Waals surface area contributed by atoms with E-state index in [1.165, 1.54) is 6.92 Å². The lowest BCUT2D eigenvalue weighted by atomic mass is 10.2. The molecule has 0 aliphatic carbocycles. The van der Waals surface area contributed by atoms with Crippen molar-refractivity contribution in [2.75, 3.05) is 6.54 Å². The van der Waals surface area contributed by atoms with Gasteiger partial charge in [-0.1, -0.05) is 6.07 Å². The Morgan fingerprint density at radius 2 is 2.50 bits per heavy atom. The quantitative estimate of drug-likeness (QED) is 0.716. The first-order chi connectivity index (χ1) is 5.79. The summed E-state index contributed by atoms with van der Waals surface area (Å²) in [4.78, 5) is 14.5. The number of hydrogen-bond acceptors (Lipinski definition) is 2. The van der Waals surface area contributed by atoms with Gasteiger partial charge in [-0.2, -0.15) is 0 Å². The van der Waals surface area contributed by atoms with Gasteiger partial charge < -0.3 is 5.32 Å². The molecule has 64 valence electrons. The van der Waals surface area contributed by atoms with Crippen LogP contribution in [-0.4, -0.2) is 17.4 Å². The fourth-order valence-electron chi connectivity index (χ4n) is 0.929. The SMILES string of the molecule is CC(=O)NCCc1cccnc1. The second-order valence-electron chi connectivity index (χ2n) is 2.59. The number of carbonyl (C=O) groups is 1. The second kappa shape index (κ2) is 4.49. The first-order valence-electron chi connectivity index (χ1n) is 3.92. The van der Waals surface area contributed by atoms with Gasteiger partial charge in [0.2, 0.25) is 5.91 Å². The molecule has 0 aliphatic rings. The minimum Gasteiger partial charge on any atom is -0.356 e. The minimum absolute atomic E-state index is 0.0129. The van der Waals surface area contributed by atoms with Crippen molar-refractivity contribution >= 4 is 5.91 Å². The Morgan fingerprint density at radius 3 is 3.08 bits per heavy atom. The molecule has 1 rings (SSSR count). The first kappa shape index (κ1) is 8.71. The molecule has 0 aliphatic heterocycles. The monoisotopic (exact) mass is 164 g/mol. The Labute approximate surface area is 71.8 Å². The number of nitrogens with one attached hydrogen (secondary N) is 1. The fourth-order valence-corrected chi connectivity index (χ4v) is 0.929. The van der Waals surface area contributed by atoms with E-state index in [-0.39, 0.29) is 5.91 Å². The van der Waals surface area contributed by atoms with Crippen LogP contribution in [0.5, 0.6) is 0 Å². The Hall–Kier alpha value is -1.38. The molecule has 1 heterocycles. The maximum Gasteiger partial charge on any atom is 0.216 e. The van der Waals surface area contributed by atoms with Crippen molar-refractivity contribution in [1.82, 2.24) is 10.3 Å². The van der Waals surface area contributed by atoms with Crippen LogP contribution in [0.2, 0.25) is 0 Å². The molecule has 0 saturated carbocycles. The van der Waals surface area contributed by atoms with Crippen LogP contribution in [0.3, 0.4) is 0 Å². The molecule has 0 fully saturated rings. The van der Waals surface area contributed by atoms with E-state index in [0.29, 0.717) is 6.54 Å². The average molecular weight is 164 g/mol. The van der Waals surface area contributed by atoms with Crippen molar-refractivity contribution in [3.8, 4) is 0 Å². The highest BCUT2D eigenvalue weighted by molar-refractivity contribution is 5.72. The van der Waals surface area contributed by atoms with Gasteiger partial charge in [-0.3, -0.25) is 9.78 Å². The zero-order valence-corrected chi connectivity index (χ0v) is 7.08. The summed E-state index contributed by atoms with van der Waals surface area (Å²) in [5.74, 6) is 0.0129. The van der Waals surface area contributed by atoms with Gasteiger partial charge in [0.1, 0.15) is 0 Å². The molecule has 0 atom stereocenters. The highest BCUT2D eigenvalue weighted by Gasteiger charge is 1.92. The molecular weight excluding hydrogens is 152 g/mol. The third-order valence-electron chi connectivity index (χ3n) is 1.51. The number of pyridine rings is 1. The van der Waals surface area contributed by atoms with Crippen LogP contribution < -0.4 is 5.32 Å². The molecule has 0 bridgehead atoms. The molecule has 3 heteroatoms. The molecule has 0 radical (unpaired) electrons. The Bertz CT molecular complexity index is 246. The highest BCUT2D eigenvalue weighted by atomic mass is 16.1. The molecule has 0 unspecified atom stereocenters. The van der Waals surface area contributed by atoms with Crippen molar-refractivity contribution in [1.29, 1.82) is 0 Å². The van der Waals surface area contributed by atoms with E-state index in [2.05, 4.69) is 10.3 Å². The predicted octanol–water partition coefficient (Wildman–Crippen LogP) is 0.760. The van der Waals surface area contributed by atoms with Crippen LogP contribution in [0.15, 0.2) is 24.5 Å². The van der Waals surface area contributed by atoms with Crippen molar-refractivity contribution in [2.45, 2.75) is 13.3 Å². The largest absolute Gasteiger partial charge is 0.356 e. The summed E-state index contributed by atoms with van der Waals surface area (Å²) in [5.41, 5.74) is 1.14. The van der Waals surface area contributed by atoms with Crippen LogP contribution in [-0.2, 0) is 11.2 Å². The van der Waals surface area contributed by atoms with E-state index < -0.39 is 0 Å². The van der Waals surface area contributed by atoms with E-state index in [1.54, 1.807) is 6.20 Å². The molecule has 1 N–H and O–H groups in total. The zero-order chi connectivity index (χ0) is 8.81. The molecular formula is C9H12N2O.